The number of hydrogen-bond donors (Lipinski definition) is 1. The smallest absolute Gasteiger partial charge is 0.0198 e. The molecule has 0 spiro atoms. The summed E-state index contributed by atoms with van der Waals surface area (Å²) in [7, 11) is 0. The fourth-order valence-electron chi connectivity index (χ4n) is 2.71. The Morgan fingerprint density at radius 2 is 1.94 bits per heavy atom. The number of nitrogens with zero attached hydrogens (tertiary/aromatic N) is 1. The SMILES string of the molecule is CCCNC1CC(C(C)C)CN(CCC)C1. The Kier molecular flexibility index (Phi) is 6.37. The first-order valence-electron chi connectivity index (χ1n) is 7.13. The predicted molar refractivity (Wildman–Crippen MR) is 71.8 cm³/mol. The molecule has 1 saturated heterocycles. The zero-order valence-electron chi connectivity index (χ0n) is 11.6. The van der Waals surface area contributed by atoms with Crippen LogP contribution in [0.2, 0.25) is 0 Å². The zero-order chi connectivity index (χ0) is 12.0. The minimum Gasteiger partial charge on any atom is -0.313 e. The van der Waals surface area contributed by atoms with E-state index >= 15 is 0 Å². The van der Waals surface area contributed by atoms with Crippen molar-refractivity contribution in [1.82, 2.24) is 10.2 Å². The molecule has 1 fully saturated rings. The van der Waals surface area contributed by atoms with Gasteiger partial charge < -0.3 is 10.2 Å². The van der Waals surface area contributed by atoms with Gasteiger partial charge in [-0.15, -0.1) is 0 Å². The first kappa shape index (κ1) is 14.0. The highest BCUT2D eigenvalue weighted by molar-refractivity contribution is 4.84. The van der Waals surface area contributed by atoms with E-state index in [-0.39, 0.29) is 0 Å². The molecule has 2 heteroatoms. The van der Waals surface area contributed by atoms with Crippen LogP contribution >= 0.6 is 0 Å². The molecular weight excluding hydrogens is 196 g/mol. The molecule has 0 bridgehead atoms. The van der Waals surface area contributed by atoms with Crippen molar-refractivity contribution >= 4 is 0 Å². The average molecular weight is 226 g/mol. The second kappa shape index (κ2) is 7.29. The number of piperidine rings is 1. The molecule has 0 aromatic heterocycles. The first-order chi connectivity index (χ1) is 7.67. The first-order valence-corrected chi connectivity index (χ1v) is 7.13. The monoisotopic (exact) mass is 226 g/mol. The summed E-state index contributed by atoms with van der Waals surface area (Å²) in [5.41, 5.74) is 0. The summed E-state index contributed by atoms with van der Waals surface area (Å²) < 4.78 is 0. The molecule has 2 atom stereocenters. The molecule has 2 nitrogen and oxygen atoms in total. The molecule has 0 saturated carbocycles. The van der Waals surface area contributed by atoms with Gasteiger partial charge in [0.15, 0.2) is 0 Å². The molecule has 1 aliphatic rings. The molecule has 2 unspecified atom stereocenters. The topological polar surface area (TPSA) is 15.3 Å². The molecule has 96 valence electrons. The van der Waals surface area contributed by atoms with E-state index in [0.29, 0.717) is 0 Å². The van der Waals surface area contributed by atoms with Gasteiger partial charge in [-0.2, -0.15) is 0 Å². The fraction of sp³-hybridized carbons (Fsp3) is 1.00. The maximum atomic E-state index is 3.70. The number of hydrogen-bond acceptors (Lipinski definition) is 2. The van der Waals surface area contributed by atoms with Crippen LogP contribution in [0.4, 0.5) is 0 Å². The molecule has 0 amide bonds. The van der Waals surface area contributed by atoms with Crippen molar-refractivity contribution in [3.05, 3.63) is 0 Å². The van der Waals surface area contributed by atoms with E-state index < -0.39 is 0 Å². The Morgan fingerprint density at radius 3 is 2.50 bits per heavy atom. The van der Waals surface area contributed by atoms with Crippen molar-refractivity contribution < 1.29 is 0 Å². The predicted octanol–water partition coefficient (Wildman–Crippen LogP) is 2.74. The van der Waals surface area contributed by atoms with E-state index in [1.807, 2.05) is 0 Å². The zero-order valence-corrected chi connectivity index (χ0v) is 11.6. The van der Waals surface area contributed by atoms with E-state index in [2.05, 4.69) is 37.9 Å². The van der Waals surface area contributed by atoms with E-state index in [9.17, 15) is 0 Å². The van der Waals surface area contributed by atoms with Gasteiger partial charge in [0, 0.05) is 19.1 Å². The Bertz CT molecular complexity index is 180. The Morgan fingerprint density at radius 1 is 1.19 bits per heavy atom. The van der Waals surface area contributed by atoms with Crippen molar-refractivity contribution in [3.8, 4) is 0 Å². The largest absolute Gasteiger partial charge is 0.313 e. The van der Waals surface area contributed by atoms with Crippen molar-refractivity contribution in [2.75, 3.05) is 26.2 Å². The average Bonchev–Trinajstić information content (AvgIpc) is 2.26. The van der Waals surface area contributed by atoms with Crippen LogP contribution in [-0.4, -0.2) is 37.1 Å². The van der Waals surface area contributed by atoms with Gasteiger partial charge in [0.2, 0.25) is 0 Å². The molecular formula is C14H30N2. The lowest BCUT2D eigenvalue weighted by Crippen LogP contribution is -2.50. The molecule has 1 N–H and O–H groups in total. The van der Waals surface area contributed by atoms with Crippen LogP contribution in [0.15, 0.2) is 0 Å². The lowest BCUT2D eigenvalue weighted by Gasteiger charge is -2.40. The van der Waals surface area contributed by atoms with Crippen molar-refractivity contribution in [2.24, 2.45) is 11.8 Å². The van der Waals surface area contributed by atoms with Gasteiger partial charge in [0.1, 0.15) is 0 Å². The summed E-state index contributed by atoms with van der Waals surface area (Å²) >= 11 is 0. The standard InChI is InChI=1S/C14H30N2/c1-5-7-15-14-9-13(12(3)4)10-16(11-14)8-6-2/h12-15H,5-11H2,1-4H3. The van der Waals surface area contributed by atoms with Gasteiger partial charge in [0.05, 0.1) is 0 Å². The van der Waals surface area contributed by atoms with Crippen LogP contribution in [0.3, 0.4) is 0 Å². The molecule has 0 aromatic rings. The third-order valence-electron chi connectivity index (χ3n) is 3.72. The van der Waals surface area contributed by atoms with E-state index in [4.69, 9.17) is 0 Å². The van der Waals surface area contributed by atoms with Gasteiger partial charge in [-0.1, -0.05) is 27.7 Å². The lowest BCUT2D eigenvalue weighted by molar-refractivity contribution is 0.116. The molecule has 0 aliphatic carbocycles. The van der Waals surface area contributed by atoms with E-state index in [1.54, 1.807) is 0 Å². The van der Waals surface area contributed by atoms with Gasteiger partial charge in [-0.25, -0.2) is 0 Å². The van der Waals surface area contributed by atoms with Gasteiger partial charge in [-0.3, -0.25) is 0 Å². The van der Waals surface area contributed by atoms with Gasteiger partial charge in [-0.05, 0) is 44.2 Å². The highest BCUT2D eigenvalue weighted by atomic mass is 15.2. The highest BCUT2D eigenvalue weighted by Gasteiger charge is 2.27. The lowest BCUT2D eigenvalue weighted by atomic mass is 9.85. The van der Waals surface area contributed by atoms with Gasteiger partial charge >= 0.3 is 0 Å². The summed E-state index contributed by atoms with van der Waals surface area (Å²) in [6.45, 7) is 14.3. The van der Waals surface area contributed by atoms with Crippen LogP contribution < -0.4 is 5.32 Å². The Hall–Kier alpha value is -0.0800. The second-order valence-electron chi connectivity index (χ2n) is 5.65. The molecule has 1 aliphatic heterocycles. The van der Waals surface area contributed by atoms with Crippen LogP contribution in [0.1, 0.15) is 47.0 Å². The quantitative estimate of drug-likeness (QED) is 0.749. The van der Waals surface area contributed by atoms with Crippen molar-refractivity contribution in [3.63, 3.8) is 0 Å². The minimum atomic E-state index is 0.729. The molecule has 0 aromatic carbocycles. The van der Waals surface area contributed by atoms with Crippen molar-refractivity contribution in [1.29, 1.82) is 0 Å². The van der Waals surface area contributed by atoms with E-state index in [1.165, 1.54) is 45.4 Å². The maximum absolute atomic E-state index is 3.70. The van der Waals surface area contributed by atoms with Crippen molar-refractivity contribution in [2.45, 2.75) is 53.0 Å². The van der Waals surface area contributed by atoms with Crippen LogP contribution in [0, 0.1) is 11.8 Å². The summed E-state index contributed by atoms with van der Waals surface area (Å²) in [6, 6.07) is 0.729. The third-order valence-corrected chi connectivity index (χ3v) is 3.72. The van der Waals surface area contributed by atoms with E-state index in [0.717, 1.165) is 17.9 Å². The molecule has 1 rings (SSSR count). The van der Waals surface area contributed by atoms with Crippen LogP contribution in [-0.2, 0) is 0 Å². The van der Waals surface area contributed by atoms with Gasteiger partial charge in [0.25, 0.3) is 0 Å². The molecule has 0 radical (unpaired) electrons. The summed E-state index contributed by atoms with van der Waals surface area (Å²) in [4.78, 5) is 2.65. The highest BCUT2D eigenvalue weighted by Crippen LogP contribution is 2.23. The summed E-state index contributed by atoms with van der Waals surface area (Å²) in [5, 5.41) is 3.70. The number of likely N-dealkylation sites (tertiary alicyclic amines) is 1. The number of rotatable bonds is 6. The minimum absolute atomic E-state index is 0.729. The normalized spacial score (nSPS) is 27.6. The summed E-state index contributed by atoms with van der Waals surface area (Å²) in [5.74, 6) is 1.71. The molecule has 1 heterocycles. The Balaban J connectivity index is 2.45. The Labute approximate surface area is 102 Å². The second-order valence-corrected chi connectivity index (χ2v) is 5.65. The van der Waals surface area contributed by atoms with Crippen LogP contribution in [0.5, 0.6) is 0 Å². The van der Waals surface area contributed by atoms with Crippen LogP contribution in [0.25, 0.3) is 0 Å². The molecule has 16 heavy (non-hydrogen) atoms. The number of nitrogens with one attached hydrogen (secondary N) is 1. The maximum Gasteiger partial charge on any atom is 0.0198 e. The third kappa shape index (κ3) is 4.42. The summed E-state index contributed by atoms with van der Waals surface area (Å²) in [6.07, 6.45) is 3.90. The fourth-order valence-corrected chi connectivity index (χ4v) is 2.71.